The molecule has 0 saturated carbocycles. The van der Waals surface area contributed by atoms with Gasteiger partial charge in [-0.25, -0.2) is 4.68 Å². The lowest BCUT2D eigenvalue weighted by Gasteiger charge is -2.13. The quantitative estimate of drug-likeness (QED) is 0.641. The molecule has 1 aromatic heterocycles. The van der Waals surface area contributed by atoms with E-state index in [4.69, 9.17) is 23.2 Å². The first-order chi connectivity index (χ1) is 11.8. The third kappa shape index (κ3) is 6.14. The largest absolute Gasteiger partial charge is 0.416 e. The molecule has 142 valence electrons. The number of rotatable bonds is 3. The number of ketones is 2. The van der Waals surface area contributed by atoms with Crippen molar-refractivity contribution in [3.05, 3.63) is 45.2 Å². The van der Waals surface area contributed by atoms with Crippen LogP contribution in [0.4, 0.5) is 13.2 Å². The van der Waals surface area contributed by atoms with E-state index >= 15 is 0 Å². The lowest BCUT2D eigenvalue weighted by Crippen LogP contribution is -2.07. The number of benzene rings is 1. The molecule has 0 atom stereocenters. The number of alkyl halides is 3. The van der Waals surface area contributed by atoms with Gasteiger partial charge in [-0.05, 0) is 45.9 Å². The van der Waals surface area contributed by atoms with E-state index in [1.165, 1.54) is 18.5 Å². The van der Waals surface area contributed by atoms with Gasteiger partial charge in [0.15, 0.2) is 0 Å². The second-order valence-corrected chi connectivity index (χ2v) is 6.52. The van der Waals surface area contributed by atoms with Crippen LogP contribution < -0.4 is 0 Å². The minimum Gasteiger partial charge on any atom is -0.300 e. The number of halogens is 5. The lowest BCUT2D eigenvalue weighted by molar-refractivity contribution is -0.137. The highest BCUT2D eigenvalue weighted by atomic mass is 35.5. The molecule has 0 bridgehead atoms. The number of nitrogens with zero attached hydrogens (tertiary/aromatic N) is 2. The molecule has 0 fully saturated rings. The van der Waals surface area contributed by atoms with Crippen molar-refractivity contribution in [1.29, 1.82) is 0 Å². The van der Waals surface area contributed by atoms with Gasteiger partial charge in [0, 0.05) is 5.69 Å². The van der Waals surface area contributed by atoms with Crippen LogP contribution in [0.3, 0.4) is 0 Å². The smallest absolute Gasteiger partial charge is 0.300 e. The van der Waals surface area contributed by atoms with Gasteiger partial charge in [0.1, 0.15) is 17.3 Å². The van der Waals surface area contributed by atoms with Crippen LogP contribution in [0.25, 0.3) is 5.69 Å². The lowest BCUT2D eigenvalue weighted by atomic mass is 10.2. The van der Waals surface area contributed by atoms with Crippen LogP contribution in [-0.2, 0) is 15.8 Å². The normalized spacial score (nSPS) is 11.0. The van der Waals surface area contributed by atoms with Gasteiger partial charge in [-0.2, -0.15) is 18.3 Å². The minimum atomic E-state index is -4.49. The van der Waals surface area contributed by atoms with Crippen LogP contribution in [0, 0.1) is 13.8 Å². The summed E-state index contributed by atoms with van der Waals surface area (Å²) in [6.45, 7) is 6.35. The molecule has 0 N–H and O–H groups in total. The molecular weight excluding hydrogens is 392 g/mol. The maximum Gasteiger partial charge on any atom is 0.416 e. The second-order valence-electron chi connectivity index (χ2n) is 5.71. The highest BCUT2D eigenvalue weighted by molar-refractivity contribution is 6.37. The van der Waals surface area contributed by atoms with Crippen molar-refractivity contribution in [1.82, 2.24) is 9.78 Å². The average Bonchev–Trinajstić information content (AvgIpc) is 2.74. The molecule has 1 heterocycles. The SMILES string of the molecule is CC(=O)CC(C)=O.Cc1cc(C)n(-c2c(Cl)cc(C(F)(F)F)cc2Cl)n1. The first kappa shape index (κ1) is 22.2. The van der Waals surface area contributed by atoms with Crippen LogP contribution in [0.5, 0.6) is 0 Å². The standard InChI is InChI=1S/C12H9Cl2F3N2.C5H8O2/c1-6-3-7(2)19(18-6)11-9(13)4-8(5-10(11)14)12(15,16)17;1-4(6)3-5(2)7/h3-5H,1-2H3;3H2,1-2H3. The molecule has 0 amide bonds. The molecule has 0 aliphatic heterocycles. The van der Waals surface area contributed by atoms with Crippen LogP contribution in [0.1, 0.15) is 37.2 Å². The highest BCUT2D eigenvalue weighted by Gasteiger charge is 2.32. The summed E-state index contributed by atoms with van der Waals surface area (Å²) in [5.41, 5.74) is 0.834. The van der Waals surface area contributed by atoms with Crippen molar-refractivity contribution in [2.75, 3.05) is 0 Å². The van der Waals surface area contributed by atoms with Crippen LogP contribution in [-0.4, -0.2) is 21.3 Å². The van der Waals surface area contributed by atoms with Crippen molar-refractivity contribution in [3.8, 4) is 5.69 Å². The van der Waals surface area contributed by atoms with Gasteiger partial charge in [-0.3, -0.25) is 9.59 Å². The van der Waals surface area contributed by atoms with Gasteiger partial charge in [-0.15, -0.1) is 0 Å². The van der Waals surface area contributed by atoms with E-state index in [-0.39, 0.29) is 33.7 Å². The van der Waals surface area contributed by atoms with Crippen molar-refractivity contribution >= 4 is 34.8 Å². The predicted octanol–water partition coefficient (Wildman–Crippen LogP) is 5.37. The monoisotopic (exact) mass is 408 g/mol. The van der Waals surface area contributed by atoms with E-state index in [2.05, 4.69) is 5.10 Å². The summed E-state index contributed by atoms with van der Waals surface area (Å²) in [7, 11) is 0. The van der Waals surface area contributed by atoms with E-state index < -0.39 is 11.7 Å². The number of carbonyl (C=O) groups excluding carboxylic acids is 2. The third-order valence-corrected chi connectivity index (χ3v) is 3.64. The molecule has 0 aliphatic carbocycles. The Morgan fingerprint density at radius 2 is 1.50 bits per heavy atom. The number of Topliss-reactive ketones (excluding diaryl/α,β-unsaturated/α-hetero) is 2. The fourth-order valence-electron chi connectivity index (χ4n) is 2.14. The van der Waals surface area contributed by atoms with Crippen molar-refractivity contribution in [2.24, 2.45) is 0 Å². The Kier molecular flexibility index (Phi) is 7.41. The fraction of sp³-hybridized carbons (Fsp3) is 0.353. The van der Waals surface area contributed by atoms with E-state index in [0.717, 1.165) is 23.5 Å². The first-order valence-corrected chi connectivity index (χ1v) is 8.17. The fourth-order valence-corrected chi connectivity index (χ4v) is 2.78. The Bertz CT molecular complexity index is 795. The molecule has 2 rings (SSSR count). The minimum absolute atomic E-state index is 0.0625. The molecule has 0 spiro atoms. The summed E-state index contributed by atoms with van der Waals surface area (Å²) < 4.78 is 39.3. The molecule has 0 aliphatic rings. The molecule has 26 heavy (non-hydrogen) atoms. The van der Waals surface area contributed by atoms with E-state index in [1.807, 2.05) is 0 Å². The molecule has 9 heteroatoms. The van der Waals surface area contributed by atoms with Gasteiger partial charge < -0.3 is 0 Å². The molecule has 0 radical (unpaired) electrons. The number of hydrogen-bond acceptors (Lipinski definition) is 3. The summed E-state index contributed by atoms with van der Waals surface area (Å²) in [4.78, 5) is 20.1. The van der Waals surface area contributed by atoms with Gasteiger partial charge in [-0.1, -0.05) is 23.2 Å². The van der Waals surface area contributed by atoms with Gasteiger partial charge >= 0.3 is 6.18 Å². The summed E-state index contributed by atoms with van der Waals surface area (Å²) in [5.74, 6) is -0.125. The second kappa shape index (κ2) is 8.68. The Labute approximate surface area is 158 Å². The van der Waals surface area contributed by atoms with Crippen molar-refractivity contribution in [3.63, 3.8) is 0 Å². The van der Waals surface area contributed by atoms with Crippen LogP contribution >= 0.6 is 23.2 Å². The maximum atomic E-state index is 12.6. The zero-order valence-corrected chi connectivity index (χ0v) is 16.1. The van der Waals surface area contributed by atoms with E-state index in [0.29, 0.717) is 0 Å². The topological polar surface area (TPSA) is 52.0 Å². The van der Waals surface area contributed by atoms with Crippen LogP contribution in [0.2, 0.25) is 10.0 Å². The zero-order chi connectivity index (χ0) is 20.2. The molecule has 0 unspecified atom stereocenters. The number of aromatic nitrogens is 2. The van der Waals surface area contributed by atoms with Gasteiger partial charge in [0.25, 0.3) is 0 Å². The maximum absolute atomic E-state index is 12.6. The summed E-state index contributed by atoms with van der Waals surface area (Å²) in [6, 6.07) is 3.47. The summed E-state index contributed by atoms with van der Waals surface area (Å²) in [5, 5.41) is 3.98. The number of aryl methyl sites for hydroxylation is 2. The zero-order valence-electron chi connectivity index (χ0n) is 14.5. The van der Waals surface area contributed by atoms with Crippen LogP contribution in [0.15, 0.2) is 18.2 Å². The number of carbonyl (C=O) groups is 2. The Balaban J connectivity index is 0.000000412. The molecule has 1 aromatic carbocycles. The Hall–Kier alpha value is -1.86. The number of hydrogen-bond donors (Lipinski definition) is 0. The van der Waals surface area contributed by atoms with Gasteiger partial charge in [0.2, 0.25) is 0 Å². The van der Waals surface area contributed by atoms with E-state index in [1.54, 1.807) is 19.9 Å². The predicted molar refractivity (Wildman–Crippen MR) is 94.0 cm³/mol. The van der Waals surface area contributed by atoms with Crippen molar-refractivity contribution < 1.29 is 22.8 Å². The molecular formula is C17H17Cl2F3N2O2. The third-order valence-electron chi connectivity index (χ3n) is 3.06. The first-order valence-electron chi connectivity index (χ1n) is 7.41. The van der Waals surface area contributed by atoms with E-state index in [9.17, 15) is 22.8 Å². The molecule has 0 saturated heterocycles. The average molecular weight is 409 g/mol. The summed E-state index contributed by atoms with van der Waals surface area (Å²) in [6.07, 6.45) is -4.40. The Morgan fingerprint density at radius 1 is 1.04 bits per heavy atom. The Morgan fingerprint density at radius 3 is 1.77 bits per heavy atom. The molecule has 2 aromatic rings. The molecule has 4 nitrogen and oxygen atoms in total. The van der Waals surface area contributed by atoms with Gasteiger partial charge in [0.05, 0.1) is 27.7 Å². The van der Waals surface area contributed by atoms with Crippen molar-refractivity contribution in [2.45, 2.75) is 40.3 Å². The highest BCUT2D eigenvalue weighted by Crippen LogP contribution is 2.37. The summed E-state index contributed by atoms with van der Waals surface area (Å²) >= 11 is 11.8.